The molecule has 200 valence electrons. The maximum absolute atomic E-state index is 13.7. The van der Waals surface area contributed by atoms with Crippen molar-refractivity contribution < 1.29 is 23.4 Å². The number of H-pyrrole nitrogens is 1. The molecule has 0 atom stereocenters. The van der Waals surface area contributed by atoms with Crippen molar-refractivity contribution in [3.63, 3.8) is 0 Å². The second-order valence-electron chi connectivity index (χ2n) is 9.23. The summed E-state index contributed by atoms with van der Waals surface area (Å²) in [5.74, 6) is 0.0169. The topological polar surface area (TPSA) is 124 Å². The van der Waals surface area contributed by atoms with E-state index in [0.29, 0.717) is 41.0 Å². The number of halogens is 1. The Balaban J connectivity index is 1.41. The van der Waals surface area contributed by atoms with Gasteiger partial charge in [0.05, 0.1) is 30.3 Å². The molecule has 3 aromatic heterocycles. The smallest absolute Gasteiger partial charge is 0.316 e. The number of pyridine rings is 1. The van der Waals surface area contributed by atoms with Gasteiger partial charge < -0.3 is 24.5 Å². The van der Waals surface area contributed by atoms with E-state index in [1.807, 2.05) is 12.1 Å². The van der Waals surface area contributed by atoms with Gasteiger partial charge in [0.2, 0.25) is 12.2 Å². The van der Waals surface area contributed by atoms with Crippen LogP contribution in [0.1, 0.15) is 24.6 Å². The standard InChI is InChI=1S/C28H27FN6O4/c1-3-14-37-26(36)28(2)16-38-25(39-17-28)24-34-22(19-4-6-20(29)7-5-19)23(35-24)21-10-13-31-27(33-21)32-15-18-8-11-30-12-9-18/h3-13,25H,1,14-17H2,2H3,(H,34,35)(H,31,32,33). The van der Waals surface area contributed by atoms with Crippen LogP contribution in [0.2, 0.25) is 0 Å². The Morgan fingerprint density at radius 1 is 1.15 bits per heavy atom. The quantitative estimate of drug-likeness (QED) is 0.238. The first kappa shape index (κ1) is 26.1. The molecule has 0 unspecified atom stereocenters. The van der Waals surface area contributed by atoms with Crippen LogP contribution in [0.4, 0.5) is 10.3 Å². The second kappa shape index (κ2) is 11.5. The largest absolute Gasteiger partial charge is 0.461 e. The van der Waals surface area contributed by atoms with Crippen LogP contribution >= 0.6 is 0 Å². The van der Waals surface area contributed by atoms with Gasteiger partial charge in [0.15, 0.2) is 5.82 Å². The van der Waals surface area contributed by atoms with Crippen molar-refractivity contribution in [2.75, 3.05) is 25.1 Å². The molecule has 0 saturated carbocycles. The van der Waals surface area contributed by atoms with Crippen LogP contribution in [-0.2, 0) is 25.5 Å². The van der Waals surface area contributed by atoms with Crippen LogP contribution in [0.15, 0.2) is 73.7 Å². The zero-order valence-electron chi connectivity index (χ0n) is 21.3. The Labute approximate surface area is 224 Å². The highest BCUT2D eigenvalue weighted by Crippen LogP contribution is 2.36. The number of benzene rings is 1. The van der Waals surface area contributed by atoms with Crippen LogP contribution in [0.3, 0.4) is 0 Å². The van der Waals surface area contributed by atoms with Gasteiger partial charge in [-0.2, -0.15) is 0 Å². The first-order valence-electron chi connectivity index (χ1n) is 12.3. The Bertz CT molecular complexity index is 1440. The van der Waals surface area contributed by atoms with Crippen molar-refractivity contribution in [1.29, 1.82) is 0 Å². The van der Waals surface area contributed by atoms with E-state index in [1.54, 1.807) is 43.7 Å². The maximum Gasteiger partial charge on any atom is 0.316 e. The van der Waals surface area contributed by atoms with Crippen LogP contribution < -0.4 is 5.32 Å². The van der Waals surface area contributed by atoms with E-state index in [9.17, 15) is 9.18 Å². The van der Waals surface area contributed by atoms with Crippen LogP contribution in [-0.4, -0.2) is 50.7 Å². The monoisotopic (exact) mass is 530 g/mol. The molecule has 2 N–H and O–H groups in total. The molecule has 0 spiro atoms. The average Bonchev–Trinajstić information content (AvgIpc) is 3.42. The van der Waals surface area contributed by atoms with E-state index in [2.05, 4.69) is 31.8 Å². The SMILES string of the molecule is C=CCOC(=O)C1(C)COC(c2nc(-c3ccc(F)cc3)c(-c3ccnc(NCc4ccncc4)n3)[nH]2)OC1. The molecule has 1 aliphatic heterocycles. The lowest BCUT2D eigenvalue weighted by molar-refractivity contribution is -0.238. The third-order valence-electron chi connectivity index (χ3n) is 6.11. The van der Waals surface area contributed by atoms with Crippen molar-refractivity contribution in [2.24, 2.45) is 5.41 Å². The lowest BCUT2D eigenvalue weighted by atomic mass is 9.92. The molecule has 39 heavy (non-hydrogen) atoms. The molecular formula is C28H27FN6O4. The van der Waals surface area contributed by atoms with Crippen molar-refractivity contribution in [2.45, 2.75) is 19.8 Å². The molecule has 1 saturated heterocycles. The summed E-state index contributed by atoms with van der Waals surface area (Å²) in [7, 11) is 0. The minimum Gasteiger partial charge on any atom is -0.461 e. The Morgan fingerprint density at radius 3 is 2.62 bits per heavy atom. The number of imidazole rings is 1. The average molecular weight is 531 g/mol. The predicted octanol–water partition coefficient (Wildman–Crippen LogP) is 4.46. The molecule has 0 bridgehead atoms. The number of carbonyl (C=O) groups is 1. The summed E-state index contributed by atoms with van der Waals surface area (Å²) in [5.41, 5.74) is 2.42. The number of aromatic nitrogens is 5. The fourth-order valence-electron chi connectivity index (χ4n) is 3.96. The molecule has 5 rings (SSSR count). The van der Waals surface area contributed by atoms with Crippen molar-refractivity contribution in [3.05, 3.63) is 90.9 Å². The van der Waals surface area contributed by atoms with E-state index in [0.717, 1.165) is 5.56 Å². The number of aromatic amines is 1. The molecule has 10 nitrogen and oxygen atoms in total. The number of carbonyl (C=O) groups excluding carboxylic acids is 1. The highest BCUT2D eigenvalue weighted by molar-refractivity contribution is 5.78. The molecule has 4 aromatic rings. The first-order chi connectivity index (χ1) is 18.9. The molecular weight excluding hydrogens is 503 g/mol. The number of anilines is 1. The lowest BCUT2D eigenvalue weighted by Gasteiger charge is -2.34. The van der Waals surface area contributed by atoms with E-state index in [4.69, 9.17) is 19.2 Å². The number of esters is 1. The van der Waals surface area contributed by atoms with Gasteiger partial charge in [-0.15, -0.1) is 0 Å². The fourth-order valence-corrected chi connectivity index (χ4v) is 3.96. The van der Waals surface area contributed by atoms with Gasteiger partial charge in [0.1, 0.15) is 17.8 Å². The molecule has 11 heteroatoms. The maximum atomic E-state index is 13.7. The molecule has 0 radical (unpaired) electrons. The van der Waals surface area contributed by atoms with Crippen LogP contribution in [0, 0.1) is 11.2 Å². The summed E-state index contributed by atoms with van der Waals surface area (Å²) in [6.45, 7) is 6.05. The summed E-state index contributed by atoms with van der Waals surface area (Å²) in [6.07, 6.45) is 5.72. The van der Waals surface area contributed by atoms with Gasteiger partial charge in [0, 0.05) is 30.7 Å². The van der Waals surface area contributed by atoms with E-state index >= 15 is 0 Å². The van der Waals surface area contributed by atoms with E-state index in [1.165, 1.54) is 18.2 Å². The third kappa shape index (κ3) is 6.00. The summed E-state index contributed by atoms with van der Waals surface area (Å²) >= 11 is 0. The van der Waals surface area contributed by atoms with Gasteiger partial charge in [0.25, 0.3) is 0 Å². The van der Waals surface area contributed by atoms with Gasteiger partial charge in [-0.05, 0) is 55.0 Å². The van der Waals surface area contributed by atoms with Crippen LogP contribution in [0.5, 0.6) is 0 Å². The normalized spacial score (nSPS) is 18.9. The number of hydrogen-bond acceptors (Lipinski definition) is 9. The number of rotatable bonds is 9. The van der Waals surface area contributed by atoms with E-state index in [-0.39, 0.29) is 25.6 Å². The Morgan fingerprint density at radius 2 is 1.90 bits per heavy atom. The molecule has 1 fully saturated rings. The van der Waals surface area contributed by atoms with Crippen LogP contribution in [0.25, 0.3) is 22.6 Å². The minimum absolute atomic E-state index is 0.0755. The predicted molar refractivity (Wildman–Crippen MR) is 140 cm³/mol. The summed E-state index contributed by atoms with van der Waals surface area (Å²) in [4.78, 5) is 33.4. The molecule has 4 heterocycles. The van der Waals surface area contributed by atoms with Gasteiger partial charge in [-0.1, -0.05) is 12.7 Å². The van der Waals surface area contributed by atoms with Crippen molar-refractivity contribution in [1.82, 2.24) is 24.9 Å². The lowest BCUT2D eigenvalue weighted by Crippen LogP contribution is -2.43. The molecule has 0 amide bonds. The number of nitrogens with zero attached hydrogens (tertiary/aromatic N) is 4. The summed E-state index contributed by atoms with van der Waals surface area (Å²) < 4.78 is 30.7. The minimum atomic E-state index is -0.962. The van der Waals surface area contributed by atoms with Gasteiger partial charge in [-0.3, -0.25) is 9.78 Å². The zero-order chi connectivity index (χ0) is 27.2. The Kier molecular flexibility index (Phi) is 7.71. The Hall–Kier alpha value is -4.48. The number of hydrogen-bond donors (Lipinski definition) is 2. The molecule has 1 aromatic carbocycles. The first-order valence-corrected chi connectivity index (χ1v) is 12.3. The third-order valence-corrected chi connectivity index (χ3v) is 6.11. The van der Waals surface area contributed by atoms with Gasteiger partial charge >= 0.3 is 5.97 Å². The summed E-state index contributed by atoms with van der Waals surface area (Å²) in [5, 5.41) is 3.21. The molecule has 1 aliphatic rings. The van der Waals surface area contributed by atoms with E-state index < -0.39 is 17.7 Å². The summed E-state index contributed by atoms with van der Waals surface area (Å²) in [6, 6.07) is 11.6. The number of ether oxygens (including phenoxy) is 3. The van der Waals surface area contributed by atoms with Crippen molar-refractivity contribution in [3.8, 4) is 22.6 Å². The number of nitrogens with one attached hydrogen (secondary N) is 2. The highest BCUT2D eigenvalue weighted by Gasteiger charge is 2.42. The second-order valence-corrected chi connectivity index (χ2v) is 9.23. The van der Waals surface area contributed by atoms with Gasteiger partial charge in [-0.25, -0.2) is 19.3 Å². The fraction of sp³-hybridized carbons (Fsp3) is 0.250. The van der Waals surface area contributed by atoms with Crippen molar-refractivity contribution >= 4 is 11.9 Å². The molecule has 0 aliphatic carbocycles. The highest BCUT2D eigenvalue weighted by atomic mass is 19.1. The zero-order valence-corrected chi connectivity index (χ0v) is 21.3.